The fraction of sp³-hybridized carbons (Fsp3) is 0.317. The quantitative estimate of drug-likeness (QED) is 0.146. The third kappa shape index (κ3) is 11.4. The first kappa shape index (κ1) is 42.8. The van der Waals surface area contributed by atoms with Crippen LogP contribution in [0.3, 0.4) is 0 Å². The molecule has 0 atom stereocenters. The van der Waals surface area contributed by atoms with Gasteiger partial charge in [-0.15, -0.1) is 0 Å². The molecule has 4 aromatic rings. The zero-order chi connectivity index (χ0) is 41.6. The first-order chi connectivity index (χ1) is 28.0. The van der Waals surface area contributed by atoms with Gasteiger partial charge in [0.1, 0.15) is 17.7 Å². The Bertz CT molecular complexity index is 2140. The summed E-state index contributed by atoms with van der Waals surface area (Å²) in [6.45, 7) is 9.76. The summed E-state index contributed by atoms with van der Waals surface area (Å²) in [5.74, 6) is -0.0340. The predicted molar refractivity (Wildman–Crippen MR) is 223 cm³/mol. The van der Waals surface area contributed by atoms with Crippen molar-refractivity contribution in [3.8, 4) is 6.07 Å². The zero-order valence-electron chi connectivity index (χ0n) is 32.4. The second-order valence-electron chi connectivity index (χ2n) is 13.1. The van der Waals surface area contributed by atoms with Gasteiger partial charge in [-0.2, -0.15) is 5.26 Å². The Morgan fingerprint density at radius 3 is 2.14 bits per heavy atom. The number of piperazine rings is 1. The van der Waals surface area contributed by atoms with E-state index in [4.69, 9.17) is 33.3 Å². The van der Waals surface area contributed by atoms with Crippen LogP contribution >= 0.6 is 23.8 Å². The lowest BCUT2D eigenvalue weighted by Gasteiger charge is -2.40. The maximum absolute atomic E-state index is 12.3. The molecular weight excluding hydrogens is 782 g/mol. The number of thiocarbonyl (C=S) groups is 1. The Kier molecular flexibility index (Phi) is 15.3. The predicted octanol–water partition coefficient (Wildman–Crippen LogP) is 4.88. The van der Waals surface area contributed by atoms with E-state index in [2.05, 4.69) is 32.0 Å². The molecule has 17 heteroatoms. The van der Waals surface area contributed by atoms with E-state index in [1.165, 1.54) is 12.3 Å². The molecule has 2 aromatic carbocycles. The lowest BCUT2D eigenvalue weighted by atomic mass is 10.1. The molecule has 3 amide bonds. The van der Waals surface area contributed by atoms with Crippen molar-refractivity contribution in [2.24, 2.45) is 0 Å². The van der Waals surface area contributed by atoms with Crippen molar-refractivity contribution in [3.63, 3.8) is 0 Å². The van der Waals surface area contributed by atoms with Gasteiger partial charge in [0.2, 0.25) is 0 Å². The molecule has 3 N–H and O–H groups in total. The summed E-state index contributed by atoms with van der Waals surface area (Å²) in [7, 11) is 0. The maximum atomic E-state index is 12.3. The van der Waals surface area contributed by atoms with Crippen LogP contribution < -0.4 is 25.8 Å². The number of hydrogen-bond acceptors (Lipinski definition) is 12. The zero-order valence-corrected chi connectivity index (χ0v) is 33.9. The molecule has 0 aliphatic carbocycles. The summed E-state index contributed by atoms with van der Waals surface area (Å²) in [6, 6.07) is 23.5. The highest BCUT2D eigenvalue weighted by molar-refractivity contribution is 7.80. The highest BCUT2D eigenvalue weighted by Gasteiger charge is 2.32. The summed E-state index contributed by atoms with van der Waals surface area (Å²) in [6.07, 6.45) is 1.47. The van der Waals surface area contributed by atoms with Crippen molar-refractivity contribution in [1.82, 2.24) is 30.8 Å². The number of carbonyl (C=O) groups excluding carboxylic acids is 4. The van der Waals surface area contributed by atoms with Crippen LogP contribution in [0.4, 0.5) is 16.4 Å². The number of nitrogens with zero attached hydrogens (tertiary/aromatic N) is 6. The lowest BCUT2D eigenvalue weighted by Crippen LogP contribution is -2.61. The van der Waals surface area contributed by atoms with Crippen LogP contribution in [0.1, 0.15) is 61.7 Å². The van der Waals surface area contributed by atoms with Crippen LogP contribution in [0, 0.1) is 18.3 Å². The number of nitrogens with one attached hydrogen (secondary N) is 3. The number of hydrogen-bond donors (Lipinski definition) is 3. The van der Waals surface area contributed by atoms with E-state index in [9.17, 15) is 24.4 Å². The van der Waals surface area contributed by atoms with Gasteiger partial charge in [0, 0.05) is 57.6 Å². The third-order valence-electron chi connectivity index (χ3n) is 9.08. The molecule has 2 aliphatic heterocycles. The number of nitriles is 1. The second-order valence-corrected chi connectivity index (χ2v) is 13.9. The SMILES string of the molecule is CCOC(=O)c1cc(C#N)c(N2CC(NC(=O)NCc3ccccc3)C2)nc1C.CCOC(=O)c1cnc(N2CCN(C(=S)NC(=O)c3ccccc3)CC2)c(Cl)c1. The molecule has 0 saturated carbocycles. The van der Waals surface area contributed by atoms with Crippen molar-refractivity contribution >= 4 is 64.4 Å². The molecule has 2 fully saturated rings. The molecule has 302 valence electrons. The van der Waals surface area contributed by atoms with Crippen molar-refractivity contribution < 1.29 is 28.7 Å². The number of pyridine rings is 2. The molecular formula is C41H44ClN9O6S. The summed E-state index contributed by atoms with van der Waals surface area (Å²) >= 11 is 11.7. The number of aryl methyl sites for hydroxylation is 1. The number of anilines is 2. The lowest BCUT2D eigenvalue weighted by molar-refractivity contribution is 0.0515. The number of ether oxygens (including phenoxy) is 2. The molecule has 4 heterocycles. The average Bonchev–Trinajstić information content (AvgIpc) is 3.22. The van der Waals surface area contributed by atoms with Crippen LogP contribution in [0.15, 0.2) is 79.0 Å². The van der Waals surface area contributed by atoms with Crippen molar-refractivity contribution in [1.29, 1.82) is 5.26 Å². The molecule has 6 rings (SSSR count). The largest absolute Gasteiger partial charge is 0.462 e. The topological polar surface area (TPSA) is 182 Å². The Labute approximate surface area is 347 Å². The van der Waals surface area contributed by atoms with E-state index in [1.807, 2.05) is 51.1 Å². The Morgan fingerprint density at radius 2 is 1.52 bits per heavy atom. The van der Waals surface area contributed by atoms with Crippen LogP contribution in [0.5, 0.6) is 0 Å². The van der Waals surface area contributed by atoms with Crippen molar-refractivity contribution in [3.05, 3.63) is 118 Å². The number of aromatic nitrogens is 2. The highest BCUT2D eigenvalue weighted by atomic mass is 35.5. The number of halogens is 1. The van der Waals surface area contributed by atoms with Gasteiger partial charge in [-0.05, 0) is 62.8 Å². The minimum atomic E-state index is -0.487. The van der Waals surface area contributed by atoms with E-state index in [1.54, 1.807) is 51.1 Å². The van der Waals surface area contributed by atoms with Gasteiger partial charge in [0.15, 0.2) is 5.11 Å². The van der Waals surface area contributed by atoms with Crippen LogP contribution in [0.2, 0.25) is 5.02 Å². The monoisotopic (exact) mass is 825 g/mol. The number of amides is 3. The first-order valence-electron chi connectivity index (χ1n) is 18.7. The average molecular weight is 826 g/mol. The molecule has 2 aliphatic rings. The summed E-state index contributed by atoms with van der Waals surface area (Å²) in [4.78, 5) is 62.8. The van der Waals surface area contributed by atoms with Gasteiger partial charge in [-0.3, -0.25) is 10.1 Å². The normalized spacial score (nSPS) is 13.5. The molecule has 15 nitrogen and oxygen atoms in total. The van der Waals surface area contributed by atoms with Crippen molar-refractivity contribution in [2.75, 3.05) is 62.3 Å². The minimum absolute atomic E-state index is 0.0378. The molecule has 2 saturated heterocycles. The van der Waals surface area contributed by atoms with E-state index < -0.39 is 11.9 Å². The van der Waals surface area contributed by atoms with Crippen LogP contribution in [0.25, 0.3) is 0 Å². The van der Waals surface area contributed by atoms with E-state index in [0.717, 1.165) is 5.56 Å². The molecule has 0 unspecified atom stereocenters. The highest BCUT2D eigenvalue weighted by Crippen LogP contribution is 2.27. The Balaban J connectivity index is 0.000000221. The number of carbonyl (C=O) groups is 4. The molecule has 2 aromatic heterocycles. The smallest absolute Gasteiger partial charge is 0.340 e. The van der Waals surface area contributed by atoms with Gasteiger partial charge < -0.3 is 34.8 Å². The number of rotatable bonds is 10. The maximum Gasteiger partial charge on any atom is 0.340 e. The van der Waals surface area contributed by atoms with Gasteiger partial charge >= 0.3 is 18.0 Å². The molecule has 58 heavy (non-hydrogen) atoms. The summed E-state index contributed by atoms with van der Waals surface area (Å²) in [5.41, 5.74) is 3.02. The number of esters is 2. The van der Waals surface area contributed by atoms with Crippen LogP contribution in [-0.4, -0.2) is 102 Å². The minimum Gasteiger partial charge on any atom is -0.462 e. The van der Waals surface area contributed by atoms with E-state index in [-0.39, 0.29) is 24.6 Å². The van der Waals surface area contributed by atoms with E-state index in [0.29, 0.717) is 102 Å². The van der Waals surface area contributed by atoms with Crippen molar-refractivity contribution in [2.45, 2.75) is 33.4 Å². The standard InChI is InChI=1S/C21H23N5O3.C20H21ClN4O3S/c1-3-29-20(27)18-9-16(10-22)19(24-14(18)2)26-12-17(13-26)25-21(28)23-11-15-7-5-4-6-8-15;1-2-28-19(27)15-12-16(21)17(22-13-15)24-8-10-25(11-9-24)20(29)23-18(26)14-6-4-3-5-7-14/h4-9,17H,3,11-13H2,1-2H3,(H2,23,25,28);3-7,12-13H,2,8-11H2,1H3,(H,23,26,29). The van der Waals surface area contributed by atoms with Gasteiger partial charge in [0.25, 0.3) is 5.91 Å². The fourth-order valence-corrected chi connectivity index (χ4v) is 6.60. The molecule has 0 radical (unpaired) electrons. The molecule has 0 spiro atoms. The number of benzene rings is 2. The van der Waals surface area contributed by atoms with E-state index >= 15 is 0 Å². The first-order valence-corrected chi connectivity index (χ1v) is 19.4. The van der Waals surface area contributed by atoms with Gasteiger partial charge in [-0.1, -0.05) is 60.1 Å². The second kappa shape index (κ2) is 20.7. The van der Waals surface area contributed by atoms with Gasteiger partial charge in [0.05, 0.1) is 46.7 Å². The third-order valence-corrected chi connectivity index (χ3v) is 9.72. The number of urea groups is 1. The Morgan fingerprint density at radius 1 is 0.879 bits per heavy atom. The fourth-order valence-electron chi connectivity index (χ4n) is 6.04. The summed E-state index contributed by atoms with van der Waals surface area (Å²) < 4.78 is 9.97. The summed E-state index contributed by atoms with van der Waals surface area (Å²) in [5, 5.41) is 18.8. The van der Waals surface area contributed by atoms with Crippen LogP contribution in [-0.2, 0) is 16.0 Å². The molecule has 0 bridgehead atoms. The van der Waals surface area contributed by atoms with Gasteiger partial charge in [-0.25, -0.2) is 24.4 Å². The Hall–Kier alpha value is -6.31.